The van der Waals surface area contributed by atoms with E-state index in [-0.39, 0.29) is 12.5 Å². The minimum atomic E-state index is -1.04. The quantitative estimate of drug-likeness (QED) is 0.295. The highest BCUT2D eigenvalue weighted by atomic mass is 32.2. The van der Waals surface area contributed by atoms with Crippen LogP contribution in [0.3, 0.4) is 0 Å². The number of halogens is 1. The minimum Gasteiger partial charge on any atom is -0.487 e. The molecule has 0 N–H and O–H groups in total. The van der Waals surface area contributed by atoms with Crippen LogP contribution in [0.15, 0.2) is 65.8 Å². The highest BCUT2D eigenvalue weighted by Gasteiger charge is 2.19. The summed E-state index contributed by atoms with van der Waals surface area (Å²) >= 11 is 1.38. The lowest BCUT2D eigenvalue weighted by atomic mass is 10.1. The number of benzene rings is 2. The molecule has 0 saturated carbocycles. The van der Waals surface area contributed by atoms with Gasteiger partial charge in [0, 0.05) is 18.1 Å². The van der Waals surface area contributed by atoms with E-state index >= 15 is 0 Å². The molecule has 0 radical (unpaired) electrons. The van der Waals surface area contributed by atoms with Crippen molar-refractivity contribution in [2.75, 3.05) is 18.0 Å². The number of methoxy groups -OCH3 is 1. The Bertz CT molecular complexity index is 1040. The summed E-state index contributed by atoms with van der Waals surface area (Å²) in [6.07, 6.45) is 0.682. The second-order valence-corrected chi connectivity index (χ2v) is 8.52. The number of aryl methyl sites for hydroxylation is 2. The molecule has 0 fully saturated rings. The van der Waals surface area contributed by atoms with E-state index in [0.717, 1.165) is 27.4 Å². The van der Waals surface area contributed by atoms with Crippen molar-refractivity contribution in [3.8, 4) is 5.75 Å². The number of pyridine rings is 1. The molecule has 5 nitrogen and oxygen atoms in total. The molecule has 1 aromatic heterocycles. The molecule has 0 aliphatic rings. The fraction of sp³-hybridized carbons (Fsp3) is 0.280. The normalized spacial score (nSPS) is 11.7. The summed E-state index contributed by atoms with van der Waals surface area (Å²) in [5.74, 6) is 0.283. The predicted molar refractivity (Wildman–Crippen MR) is 126 cm³/mol. The topological polar surface area (TPSA) is 51.7 Å². The van der Waals surface area contributed by atoms with Crippen molar-refractivity contribution >= 4 is 23.6 Å². The van der Waals surface area contributed by atoms with Gasteiger partial charge in [0.15, 0.2) is 0 Å². The molecule has 0 saturated heterocycles. The third-order valence-electron chi connectivity index (χ3n) is 4.87. The van der Waals surface area contributed by atoms with Crippen LogP contribution in [0.4, 0.5) is 10.1 Å². The van der Waals surface area contributed by atoms with E-state index in [9.17, 15) is 9.18 Å². The van der Waals surface area contributed by atoms with Crippen LogP contribution in [0.5, 0.6) is 5.75 Å². The number of alkyl halides is 1. The lowest BCUT2D eigenvalue weighted by Crippen LogP contribution is -2.23. The molecule has 0 aliphatic heterocycles. The number of hydrogen-bond donors (Lipinski definition) is 0. The molecule has 1 heterocycles. The highest BCUT2D eigenvalue weighted by Crippen LogP contribution is 2.38. The van der Waals surface area contributed by atoms with E-state index < -0.39 is 6.17 Å². The number of rotatable bonds is 9. The van der Waals surface area contributed by atoms with Crippen LogP contribution in [-0.2, 0) is 11.3 Å². The van der Waals surface area contributed by atoms with Crippen LogP contribution in [0.1, 0.15) is 34.0 Å². The summed E-state index contributed by atoms with van der Waals surface area (Å²) in [6, 6.07) is 16.7. The fourth-order valence-corrected chi connectivity index (χ4v) is 4.02. The number of esters is 1. The zero-order valence-corrected chi connectivity index (χ0v) is 19.5. The Hall–Kier alpha value is -3.06. The zero-order valence-electron chi connectivity index (χ0n) is 18.7. The Labute approximate surface area is 192 Å². The first-order valence-corrected chi connectivity index (χ1v) is 11.1. The average molecular weight is 455 g/mol. The lowest BCUT2D eigenvalue weighted by molar-refractivity contribution is 0.0600. The Kier molecular flexibility index (Phi) is 8.11. The van der Waals surface area contributed by atoms with E-state index in [4.69, 9.17) is 9.47 Å². The number of carbonyl (C=O) groups excluding carboxylic acids is 1. The number of carbonyl (C=O) groups is 1. The van der Waals surface area contributed by atoms with Crippen molar-refractivity contribution < 1.29 is 18.7 Å². The van der Waals surface area contributed by atoms with Crippen molar-refractivity contribution in [1.29, 1.82) is 0 Å². The second kappa shape index (κ2) is 11.0. The summed E-state index contributed by atoms with van der Waals surface area (Å²) in [6.45, 7) is 6.08. The second-order valence-electron chi connectivity index (χ2n) is 7.48. The molecule has 7 heteroatoms. The molecule has 0 amide bonds. The molecule has 0 bridgehead atoms. The molecule has 32 heavy (non-hydrogen) atoms. The molecule has 1 atom stereocenters. The monoisotopic (exact) mass is 454 g/mol. The summed E-state index contributed by atoms with van der Waals surface area (Å²) < 4.78 is 26.9. The van der Waals surface area contributed by atoms with Crippen LogP contribution >= 0.6 is 11.9 Å². The minimum absolute atomic E-state index is 0.188. The lowest BCUT2D eigenvalue weighted by Gasteiger charge is -2.26. The Morgan fingerprint density at radius 2 is 1.84 bits per heavy atom. The van der Waals surface area contributed by atoms with E-state index in [2.05, 4.69) is 4.98 Å². The SMILES string of the molecule is COC(=O)c1ccc(COc2cc(C)c(C)cc2N(CC(C)F)Sc2ccccn2)cc1. The van der Waals surface area contributed by atoms with Gasteiger partial charge in [-0.2, -0.15) is 0 Å². The first-order chi connectivity index (χ1) is 15.4. The van der Waals surface area contributed by atoms with Gasteiger partial charge in [-0.3, -0.25) is 0 Å². The number of ether oxygens (including phenoxy) is 2. The van der Waals surface area contributed by atoms with Gasteiger partial charge in [-0.25, -0.2) is 14.2 Å². The third-order valence-corrected chi connectivity index (χ3v) is 5.87. The number of hydrogen-bond acceptors (Lipinski definition) is 6. The molecule has 1 unspecified atom stereocenters. The standard InChI is InChI=1S/C25H27FN2O3S/c1-17-13-22(28(15-19(3)26)32-24-7-5-6-12-27-24)23(14-18(17)2)31-16-20-8-10-21(11-9-20)25(29)30-4/h5-14,19H,15-16H2,1-4H3. The molecular formula is C25H27FN2O3S. The maximum Gasteiger partial charge on any atom is 0.337 e. The average Bonchev–Trinajstić information content (AvgIpc) is 2.79. The van der Waals surface area contributed by atoms with Gasteiger partial charge in [0.2, 0.25) is 0 Å². The van der Waals surface area contributed by atoms with Gasteiger partial charge in [0.25, 0.3) is 0 Å². The number of anilines is 1. The van der Waals surface area contributed by atoms with Crippen LogP contribution in [-0.4, -0.2) is 30.8 Å². The van der Waals surface area contributed by atoms with E-state index in [1.807, 2.05) is 60.6 Å². The Morgan fingerprint density at radius 3 is 2.47 bits per heavy atom. The van der Waals surface area contributed by atoms with Crippen molar-refractivity contribution in [2.24, 2.45) is 0 Å². The van der Waals surface area contributed by atoms with Crippen LogP contribution in [0.25, 0.3) is 0 Å². The fourth-order valence-electron chi connectivity index (χ4n) is 3.03. The van der Waals surface area contributed by atoms with Gasteiger partial charge in [-0.05, 0) is 73.9 Å². The summed E-state index contributed by atoms with van der Waals surface area (Å²) in [4.78, 5) is 16.0. The largest absolute Gasteiger partial charge is 0.487 e. The predicted octanol–water partition coefficient (Wildman–Crippen LogP) is 5.94. The Balaban J connectivity index is 1.86. The summed E-state index contributed by atoms with van der Waals surface area (Å²) in [7, 11) is 1.35. The zero-order chi connectivity index (χ0) is 23.1. The van der Waals surface area contributed by atoms with E-state index in [1.54, 1.807) is 18.3 Å². The maximum absolute atomic E-state index is 14.1. The van der Waals surface area contributed by atoms with Crippen molar-refractivity contribution in [3.63, 3.8) is 0 Å². The van der Waals surface area contributed by atoms with Crippen molar-refractivity contribution in [1.82, 2.24) is 4.98 Å². The third kappa shape index (κ3) is 6.23. The van der Waals surface area contributed by atoms with Gasteiger partial charge < -0.3 is 13.8 Å². The van der Waals surface area contributed by atoms with Gasteiger partial charge >= 0.3 is 5.97 Å². The van der Waals surface area contributed by atoms with Gasteiger partial charge in [0.05, 0.1) is 24.9 Å². The molecule has 0 spiro atoms. The van der Waals surface area contributed by atoms with E-state index in [0.29, 0.717) is 17.9 Å². The van der Waals surface area contributed by atoms with Crippen LogP contribution in [0, 0.1) is 13.8 Å². The molecule has 2 aromatic carbocycles. The summed E-state index contributed by atoms with van der Waals surface area (Å²) in [5, 5.41) is 0.774. The molecule has 0 aliphatic carbocycles. The van der Waals surface area contributed by atoms with Gasteiger partial charge in [-0.1, -0.05) is 18.2 Å². The number of nitrogens with zero attached hydrogens (tertiary/aromatic N) is 2. The highest BCUT2D eigenvalue weighted by molar-refractivity contribution is 8.00. The number of aromatic nitrogens is 1. The first-order valence-electron chi connectivity index (χ1n) is 10.3. The smallest absolute Gasteiger partial charge is 0.337 e. The molecule has 3 aromatic rings. The Morgan fingerprint density at radius 1 is 1.12 bits per heavy atom. The molecule has 3 rings (SSSR count). The van der Waals surface area contributed by atoms with Crippen LogP contribution < -0.4 is 9.04 Å². The van der Waals surface area contributed by atoms with E-state index in [1.165, 1.54) is 26.0 Å². The van der Waals surface area contributed by atoms with Gasteiger partial charge in [-0.15, -0.1) is 0 Å². The van der Waals surface area contributed by atoms with Crippen molar-refractivity contribution in [2.45, 2.75) is 38.6 Å². The summed E-state index contributed by atoms with van der Waals surface area (Å²) in [5.41, 5.74) is 4.36. The molecular weight excluding hydrogens is 427 g/mol. The molecule has 168 valence electrons. The van der Waals surface area contributed by atoms with Gasteiger partial charge in [0.1, 0.15) is 23.6 Å². The maximum atomic E-state index is 14.1. The van der Waals surface area contributed by atoms with Crippen LogP contribution in [0.2, 0.25) is 0 Å². The van der Waals surface area contributed by atoms with Crippen molar-refractivity contribution in [3.05, 3.63) is 83.0 Å². The first kappa shape index (κ1) is 23.6.